The highest BCUT2D eigenvalue weighted by atomic mass is 16.7. The van der Waals surface area contributed by atoms with Crippen LogP contribution in [0.1, 0.15) is 15.9 Å². The molecule has 4 N–H and O–H groups in total. The molecule has 1 amide bonds. The number of hydrogen-bond acceptors (Lipinski definition) is 13. The van der Waals surface area contributed by atoms with E-state index < -0.39 is 5.97 Å². The maximum Gasteiger partial charge on any atom is 0.325 e. The van der Waals surface area contributed by atoms with Crippen LogP contribution in [-0.2, 0) is 25.5 Å². The normalized spacial score (nSPS) is 11.5. The fourth-order valence-electron chi connectivity index (χ4n) is 3.55. The van der Waals surface area contributed by atoms with Crippen LogP contribution in [-0.4, -0.2) is 86.8 Å². The summed E-state index contributed by atoms with van der Waals surface area (Å²) in [5.74, 6) is 1.61. The van der Waals surface area contributed by atoms with Crippen LogP contribution in [0.5, 0.6) is 11.5 Å². The number of rotatable bonds is 17. The first-order valence-corrected chi connectivity index (χ1v) is 13.0. The Hall–Kier alpha value is -4.69. The van der Waals surface area contributed by atoms with E-state index in [1.807, 2.05) is 36.4 Å². The molecule has 0 radical (unpaired) electrons. The molecule has 0 saturated carbocycles. The number of nitrogens with one attached hydrogen (secondary N) is 4. The summed E-state index contributed by atoms with van der Waals surface area (Å²) < 4.78 is 26.5. The van der Waals surface area contributed by atoms with Gasteiger partial charge in [0.05, 0.1) is 33.5 Å². The van der Waals surface area contributed by atoms with Gasteiger partial charge >= 0.3 is 5.97 Å². The van der Waals surface area contributed by atoms with Gasteiger partial charge in [-0.05, 0) is 29.8 Å². The first-order chi connectivity index (χ1) is 20.1. The minimum absolute atomic E-state index is 0.0966. The summed E-state index contributed by atoms with van der Waals surface area (Å²) in [5.41, 5.74) is 1.56. The minimum atomic E-state index is -0.455. The summed E-state index contributed by atoms with van der Waals surface area (Å²) in [6, 6.07) is 14.7. The van der Waals surface area contributed by atoms with Gasteiger partial charge in [-0.1, -0.05) is 24.3 Å². The lowest BCUT2D eigenvalue weighted by Gasteiger charge is -2.12. The quantitative estimate of drug-likeness (QED) is 0.137. The van der Waals surface area contributed by atoms with Crippen molar-refractivity contribution in [2.75, 3.05) is 75.9 Å². The van der Waals surface area contributed by atoms with Crippen molar-refractivity contribution in [1.82, 2.24) is 20.3 Å². The van der Waals surface area contributed by atoms with Crippen LogP contribution in [0, 0.1) is 0 Å². The fourth-order valence-corrected chi connectivity index (χ4v) is 3.55. The Kier molecular flexibility index (Phi) is 11.3. The Morgan fingerprint density at radius 1 is 0.805 bits per heavy atom. The van der Waals surface area contributed by atoms with Crippen molar-refractivity contribution < 1.29 is 33.3 Å². The molecular weight excluding hydrogens is 534 g/mol. The summed E-state index contributed by atoms with van der Waals surface area (Å²) in [5, 5.41) is 11.9. The number of nitrogens with zero attached hydrogens (tertiary/aromatic N) is 3. The molecule has 1 aliphatic rings. The molecule has 3 aromatic rings. The number of carbonyl (C=O) groups is 2. The van der Waals surface area contributed by atoms with Crippen LogP contribution in [0.15, 0.2) is 48.5 Å². The third-order valence-electron chi connectivity index (χ3n) is 5.61. The third kappa shape index (κ3) is 9.77. The van der Waals surface area contributed by atoms with Crippen molar-refractivity contribution in [2.45, 2.75) is 6.54 Å². The van der Waals surface area contributed by atoms with E-state index in [0.717, 1.165) is 5.56 Å². The predicted molar refractivity (Wildman–Crippen MR) is 149 cm³/mol. The number of ether oxygens (including phenoxy) is 5. The molecule has 0 spiro atoms. The smallest absolute Gasteiger partial charge is 0.325 e. The lowest BCUT2D eigenvalue weighted by atomic mass is 10.2. The molecule has 1 aliphatic heterocycles. The Balaban J connectivity index is 1.16. The standard InChI is InChI=1S/C27H33N7O7/c1-37-23(35)17-31-27-33-25(32-26(34-27)30-16-19-7-8-21-22(15-19)41-18-40-21)29-10-12-39-14-13-38-11-9-28-24(36)20-5-3-2-4-6-20/h2-8,15H,9-14,16-18H2,1H3,(H,28,36)(H3,29,30,31,32,33,34). The van der Waals surface area contributed by atoms with Crippen LogP contribution in [0.3, 0.4) is 0 Å². The van der Waals surface area contributed by atoms with Crippen LogP contribution >= 0.6 is 0 Å². The highest BCUT2D eigenvalue weighted by Crippen LogP contribution is 2.32. The summed E-state index contributed by atoms with van der Waals surface area (Å²) in [6.45, 7) is 2.91. The van der Waals surface area contributed by atoms with Crippen LogP contribution in [0.2, 0.25) is 0 Å². The molecule has 1 aromatic heterocycles. The molecule has 41 heavy (non-hydrogen) atoms. The van der Waals surface area contributed by atoms with E-state index in [1.165, 1.54) is 7.11 Å². The van der Waals surface area contributed by atoms with Crippen molar-refractivity contribution in [3.8, 4) is 11.5 Å². The van der Waals surface area contributed by atoms with Crippen molar-refractivity contribution in [2.24, 2.45) is 0 Å². The number of aromatic nitrogens is 3. The summed E-state index contributed by atoms with van der Waals surface area (Å²) in [6.07, 6.45) is 0. The van der Waals surface area contributed by atoms with Crippen molar-refractivity contribution in [3.63, 3.8) is 0 Å². The van der Waals surface area contributed by atoms with Crippen LogP contribution in [0.4, 0.5) is 17.8 Å². The molecule has 4 rings (SSSR count). The van der Waals surface area contributed by atoms with Gasteiger partial charge in [-0.15, -0.1) is 0 Å². The Morgan fingerprint density at radius 2 is 1.49 bits per heavy atom. The largest absolute Gasteiger partial charge is 0.468 e. The van der Waals surface area contributed by atoms with E-state index in [0.29, 0.717) is 75.0 Å². The highest BCUT2D eigenvalue weighted by Gasteiger charge is 2.14. The van der Waals surface area contributed by atoms with Gasteiger partial charge in [-0.25, -0.2) is 0 Å². The fraction of sp³-hybridized carbons (Fsp3) is 0.370. The number of amides is 1. The number of esters is 1. The number of hydrogen-bond donors (Lipinski definition) is 4. The Bertz CT molecular complexity index is 1280. The zero-order valence-electron chi connectivity index (χ0n) is 22.7. The lowest BCUT2D eigenvalue weighted by Crippen LogP contribution is -2.27. The van der Waals surface area contributed by atoms with Gasteiger partial charge in [0.1, 0.15) is 6.54 Å². The molecular formula is C27H33N7O7. The summed E-state index contributed by atoms with van der Waals surface area (Å²) >= 11 is 0. The van der Waals surface area contributed by atoms with E-state index in [4.69, 9.17) is 18.9 Å². The third-order valence-corrected chi connectivity index (χ3v) is 5.61. The second kappa shape index (κ2) is 15.8. The molecule has 0 atom stereocenters. The SMILES string of the molecule is COC(=O)CNc1nc(NCCOCCOCCNC(=O)c2ccccc2)nc(NCc2ccc3c(c2)OCO3)n1. The molecule has 0 fully saturated rings. The zero-order chi connectivity index (χ0) is 28.7. The summed E-state index contributed by atoms with van der Waals surface area (Å²) in [4.78, 5) is 36.6. The van der Waals surface area contributed by atoms with E-state index >= 15 is 0 Å². The predicted octanol–water partition coefficient (Wildman–Crippen LogP) is 1.67. The van der Waals surface area contributed by atoms with Gasteiger partial charge in [-0.2, -0.15) is 15.0 Å². The molecule has 0 bridgehead atoms. The van der Waals surface area contributed by atoms with E-state index in [-0.39, 0.29) is 25.2 Å². The Labute approximate surface area is 237 Å². The molecule has 0 saturated heterocycles. The number of carbonyl (C=O) groups excluding carboxylic acids is 2. The van der Waals surface area contributed by atoms with Crippen molar-refractivity contribution >= 4 is 29.7 Å². The molecule has 0 unspecified atom stereocenters. The molecule has 218 valence electrons. The molecule has 2 aromatic carbocycles. The van der Waals surface area contributed by atoms with Gasteiger partial charge in [0.15, 0.2) is 11.5 Å². The van der Waals surface area contributed by atoms with Crippen LogP contribution in [0.25, 0.3) is 0 Å². The van der Waals surface area contributed by atoms with E-state index in [9.17, 15) is 9.59 Å². The molecule has 0 aliphatic carbocycles. The summed E-state index contributed by atoms with van der Waals surface area (Å²) in [7, 11) is 1.30. The molecule has 14 heteroatoms. The van der Waals surface area contributed by atoms with Gasteiger partial charge in [0, 0.05) is 25.2 Å². The number of anilines is 3. The average molecular weight is 568 g/mol. The highest BCUT2D eigenvalue weighted by molar-refractivity contribution is 5.94. The number of methoxy groups -OCH3 is 1. The second-order valence-corrected chi connectivity index (χ2v) is 8.55. The van der Waals surface area contributed by atoms with E-state index in [1.54, 1.807) is 12.1 Å². The van der Waals surface area contributed by atoms with Gasteiger partial charge in [-0.3, -0.25) is 9.59 Å². The zero-order valence-corrected chi connectivity index (χ0v) is 22.7. The molecule has 14 nitrogen and oxygen atoms in total. The lowest BCUT2D eigenvalue weighted by molar-refractivity contribution is -0.138. The second-order valence-electron chi connectivity index (χ2n) is 8.55. The van der Waals surface area contributed by atoms with Crippen molar-refractivity contribution in [3.05, 3.63) is 59.7 Å². The molecule has 2 heterocycles. The topological polar surface area (TPSA) is 167 Å². The van der Waals surface area contributed by atoms with Crippen molar-refractivity contribution in [1.29, 1.82) is 0 Å². The van der Waals surface area contributed by atoms with Gasteiger partial charge < -0.3 is 45.0 Å². The first kappa shape index (κ1) is 29.3. The van der Waals surface area contributed by atoms with Gasteiger partial charge in [0.2, 0.25) is 24.6 Å². The number of benzene rings is 2. The number of fused-ring (bicyclic) bond motifs is 1. The maximum atomic E-state index is 12.0. The van der Waals surface area contributed by atoms with Gasteiger partial charge in [0.25, 0.3) is 5.91 Å². The van der Waals surface area contributed by atoms with Crippen LogP contribution < -0.4 is 30.7 Å². The van der Waals surface area contributed by atoms with E-state index in [2.05, 4.69) is 41.0 Å². The average Bonchev–Trinajstić information content (AvgIpc) is 3.48. The monoisotopic (exact) mass is 567 g/mol. The first-order valence-electron chi connectivity index (χ1n) is 13.0. The maximum absolute atomic E-state index is 12.0. The Morgan fingerprint density at radius 3 is 2.24 bits per heavy atom. The minimum Gasteiger partial charge on any atom is -0.468 e.